The van der Waals surface area contributed by atoms with Crippen LogP contribution in [0, 0.1) is 6.92 Å². The Labute approximate surface area is 105 Å². The second-order valence-electron chi connectivity index (χ2n) is 4.06. The van der Waals surface area contributed by atoms with Crippen molar-refractivity contribution >= 4 is 5.82 Å². The van der Waals surface area contributed by atoms with Crippen LogP contribution in [-0.4, -0.2) is 21.6 Å². The number of aryl methyl sites for hydroxylation is 1. The van der Waals surface area contributed by atoms with Crippen LogP contribution < -0.4 is 10.9 Å². The Morgan fingerprint density at radius 3 is 2.72 bits per heavy atom. The minimum absolute atomic E-state index is 0.158. The van der Waals surface area contributed by atoms with Gasteiger partial charge >= 0.3 is 0 Å². The predicted octanol–water partition coefficient (Wildman–Crippen LogP) is 1.44. The molecule has 1 heterocycles. The normalized spacial score (nSPS) is 10.3. The van der Waals surface area contributed by atoms with Gasteiger partial charge in [0.1, 0.15) is 17.4 Å². The van der Waals surface area contributed by atoms with Crippen molar-refractivity contribution in [1.82, 2.24) is 9.97 Å². The number of aromatic hydroxyl groups is 1. The molecule has 0 amide bonds. The Hall–Kier alpha value is -2.30. The summed E-state index contributed by atoms with van der Waals surface area (Å²) in [4.78, 5) is 18.0. The number of benzene rings is 1. The molecule has 0 aliphatic heterocycles. The van der Waals surface area contributed by atoms with Gasteiger partial charge in [0.25, 0.3) is 5.56 Å². The van der Waals surface area contributed by atoms with E-state index in [4.69, 9.17) is 5.11 Å². The van der Waals surface area contributed by atoms with Crippen molar-refractivity contribution in [3.63, 3.8) is 0 Å². The van der Waals surface area contributed by atoms with Gasteiger partial charge in [0.05, 0.1) is 0 Å². The fraction of sp³-hybridized carbons (Fsp3) is 0.231. The topological polar surface area (TPSA) is 78.0 Å². The highest BCUT2D eigenvalue weighted by atomic mass is 16.3. The molecule has 0 bridgehead atoms. The number of anilines is 1. The zero-order chi connectivity index (χ0) is 13.0. The molecule has 0 saturated carbocycles. The molecule has 94 valence electrons. The third-order valence-corrected chi connectivity index (χ3v) is 2.52. The van der Waals surface area contributed by atoms with Gasteiger partial charge in [0, 0.05) is 12.6 Å². The maximum atomic E-state index is 11.2. The number of phenols is 1. The molecule has 0 aliphatic rings. The molecule has 0 unspecified atom stereocenters. The number of hydrogen-bond acceptors (Lipinski definition) is 4. The molecule has 0 radical (unpaired) electrons. The molecule has 1 aromatic carbocycles. The van der Waals surface area contributed by atoms with Gasteiger partial charge in [-0.3, -0.25) is 4.79 Å². The van der Waals surface area contributed by atoms with E-state index in [1.165, 1.54) is 6.07 Å². The number of aromatic amines is 1. The first-order valence-corrected chi connectivity index (χ1v) is 5.73. The number of H-pyrrole nitrogens is 1. The molecule has 5 heteroatoms. The predicted molar refractivity (Wildman–Crippen MR) is 69.9 cm³/mol. The maximum Gasteiger partial charge on any atom is 0.252 e. The Morgan fingerprint density at radius 2 is 2.06 bits per heavy atom. The van der Waals surface area contributed by atoms with Crippen molar-refractivity contribution in [2.75, 3.05) is 11.9 Å². The Morgan fingerprint density at radius 1 is 1.33 bits per heavy atom. The number of hydrogen-bond donors (Lipinski definition) is 3. The molecule has 1 aromatic heterocycles. The van der Waals surface area contributed by atoms with Gasteiger partial charge in [-0.05, 0) is 31.0 Å². The first-order chi connectivity index (χ1) is 8.63. The summed E-state index contributed by atoms with van der Waals surface area (Å²) in [5, 5.41) is 12.3. The second-order valence-corrected chi connectivity index (χ2v) is 4.06. The van der Waals surface area contributed by atoms with E-state index >= 15 is 0 Å². The van der Waals surface area contributed by atoms with Gasteiger partial charge < -0.3 is 15.4 Å². The van der Waals surface area contributed by atoms with Crippen molar-refractivity contribution in [3.05, 3.63) is 52.1 Å². The van der Waals surface area contributed by atoms with E-state index in [-0.39, 0.29) is 11.3 Å². The summed E-state index contributed by atoms with van der Waals surface area (Å²) in [6.45, 7) is 2.42. The molecule has 0 saturated heterocycles. The van der Waals surface area contributed by atoms with Crippen LogP contribution in [0.2, 0.25) is 0 Å². The minimum atomic E-state index is -0.158. The summed E-state index contributed by atoms with van der Waals surface area (Å²) in [6.07, 6.45) is 0.799. The Balaban J connectivity index is 1.92. The summed E-state index contributed by atoms with van der Waals surface area (Å²) in [6, 6.07) is 8.49. The van der Waals surface area contributed by atoms with Gasteiger partial charge in [-0.1, -0.05) is 12.1 Å². The monoisotopic (exact) mass is 245 g/mol. The van der Waals surface area contributed by atoms with Gasteiger partial charge in [-0.15, -0.1) is 0 Å². The van der Waals surface area contributed by atoms with Crippen LogP contribution in [-0.2, 0) is 6.42 Å². The van der Waals surface area contributed by atoms with Crippen molar-refractivity contribution in [1.29, 1.82) is 0 Å². The highest BCUT2D eigenvalue weighted by molar-refractivity contribution is 5.33. The van der Waals surface area contributed by atoms with Crippen LogP contribution in [0.4, 0.5) is 5.82 Å². The van der Waals surface area contributed by atoms with Crippen LogP contribution in [0.5, 0.6) is 5.75 Å². The number of nitrogens with one attached hydrogen (secondary N) is 2. The average molecular weight is 245 g/mol. The molecule has 0 atom stereocenters. The molecule has 2 rings (SSSR count). The highest BCUT2D eigenvalue weighted by Gasteiger charge is 1.98. The maximum absolute atomic E-state index is 11.2. The van der Waals surface area contributed by atoms with Crippen LogP contribution in [0.15, 0.2) is 35.1 Å². The van der Waals surface area contributed by atoms with Gasteiger partial charge in [0.15, 0.2) is 0 Å². The molecule has 5 nitrogen and oxygen atoms in total. The zero-order valence-corrected chi connectivity index (χ0v) is 10.1. The van der Waals surface area contributed by atoms with E-state index < -0.39 is 0 Å². The molecule has 18 heavy (non-hydrogen) atoms. The van der Waals surface area contributed by atoms with Gasteiger partial charge in [-0.2, -0.15) is 0 Å². The van der Waals surface area contributed by atoms with Crippen LogP contribution in [0.25, 0.3) is 0 Å². The molecule has 0 spiro atoms. The van der Waals surface area contributed by atoms with Gasteiger partial charge in [-0.25, -0.2) is 4.98 Å². The standard InChI is InChI=1S/C13H15N3O2/c1-9-15-12(8-13(18)16-9)14-7-6-10-2-4-11(17)5-3-10/h2-5,8,17H,6-7H2,1H3,(H2,14,15,16,18). The SMILES string of the molecule is Cc1nc(NCCc2ccc(O)cc2)cc(=O)[nH]1. The third kappa shape index (κ3) is 3.35. The van der Waals surface area contributed by atoms with Crippen LogP contribution in [0.1, 0.15) is 11.4 Å². The summed E-state index contributed by atoms with van der Waals surface area (Å²) in [5.41, 5.74) is 0.955. The first kappa shape index (κ1) is 12.2. The van der Waals surface area contributed by atoms with E-state index in [1.54, 1.807) is 19.1 Å². The number of aromatic nitrogens is 2. The number of nitrogens with zero attached hydrogens (tertiary/aromatic N) is 1. The Bertz CT molecular complexity index is 576. The zero-order valence-electron chi connectivity index (χ0n) is 10.1. The molecule has 0 fully saturated rings. The molecule has 0 aliphatic carbocycles. The number of phenolic OH excluding ortho intramolecular Hbond substituents is 1. The number of rotatable bonds is 4. The largest absolute Gasteiger partial charge is 0.508 e. The molecule has 2 aromatic rings. The van der Waals surface area contributed by atoms with E-state index in [1.807, 2.05) is 12.1 Å². The van der Waals surface area contributed by atoms with Crippen molar-refractivity contribution < 1.29 is 5.11 Å². The van der Waals surface area contributed by atoms with Gasteiger partial charge in [0.2, 0.25) is 0 Å². The lowest BCUT2D eigenvalue weighted by Gasteiger charge is -2.06. The second kappa shape index (κ2) is 5.35. The highest BCUT2D eigenvalue weighted by Crippen LogP contribution is 2.10. The van der Waals surface area contributed by atoms with E-state index in [0.29, 0.717) is 18.2 Å². The van der Waals surface area contributed by atoms with Crippen LogP contribution in [0.3, 0.4) is 0 Å². The summed E-state index contributed by atoms with van der Waals surface area (Å²) < 4.78 is 0. The molecular weight excluding hydrogens is 230 g/mol. The van der Waals surface area contributed by atoms with E-state index in [0.717, 1.165) is 12.0 Å². The minimum Gasteiger partial charge on any atom is -0.508 e. The molecule has 3 N–H and O–H groups in total. The summed E-state index contributed by atoms with van der Waals surface area (Å²) in [5.74, 6) is 1.43. The first-order valence-electron chi connectivity index (χ1n) is 5.73. The van der Waals surface area contributed by atoms with E-state index in [2.05, 4.69) is 15.3 Å². The quantitative estimate of drug-likeness (QED) is 0.761. The lowest BCUT2D eigenvalue weighted by Crippen LogP contribution is -2.13. The average Bonchev–Trinajstić information content (AvgIpc) is 2.30. The van der Waals surface area contributed by atoms with Crippen molar-refractivity contribution in [2.45, 2.75) is 13.3 Å². The van der Waals surface area contributed by atoms with Crippen LogP contribution >= 0.6 is 0 Å². The van der Waals surface area contributed by atoms with Crippen molar-refractivity contribution in [3.8, 4) is 5.75 Å². The van der Waals surface area contributed by atoms with E-state index in [9.17, 15) is 4.79 Å². The lowest BCUT2D eigenvalue weighted by molar-refractivity contribution is 0.475. The smallest absolute Gasteiger partial charge is 0.252 e. The fourth-order valence-corrected chi connectivity index (χ4v) is 1.67. The summed E-state index contributed by atoms with van der Waals surface area (Å²) in [7, 11) is 0. The molecular formula is C13H15N3O2. The van der Waals surface area contributed by atoms with Crippen molar-refractivity contribution in [2.24, 2.45) is 0 Å². The Kier molecular flexibility index (Phi) is 3.62. The summed E-state index contributed by atoms with van der Waals surface area (Å²) >= 11 is 0. The third-order valence-electron chi connectivity index (χ3n) is 2.52. The fourth-order valence-electron chi connectivity index (χ4n) is 1.67. The lowest BCUT2D eigenvalue weighted by atomic mass is 10.1.